The van der Waals surface area contributed by atoms with Crippen molar-refractivity contribution in [3.05, 3.63) is 34.6 Å². The Morgan fingerprint density at radius 3 is 2.88 bits per heavy atom. The first-order valence-electron chi connectivity index (χ1n) is 4.89. The number of rotatable bonds is 4. The van der Waals surface area contributed by atoms with E-state index in [1.165, 1.54) is 4.80 Å². The average Bonchev–Trinajstić information content (AvgIpc) is 2.73. The Balaban J connectivity index is 2.08. The number of alkyl halides is 1. The van der Waals surface area contributed by atoms with Crippen LogP contribution in [0.25, 0.3) is 0 Å². The van der Waals surface area contributed by atoms with Gasteiger partial charge < -0.3 is 4.74 Å². The summed E-state index contributed by atoms with van der Waals surface area (Å²) in [6.45, 7) is 0.249. The second kappa shape index (κ2) is 5.33. The van der Waals surface area contributed by atoms with E-state index in [4.69, 9.17) is 27.9 Å². The first-order chi connectivity index (χ1) is 8.19. The second-order valence-electron chi connectivity index (χ2n) is 3.37. The molecule has 0 aliphatic rings. The fraction of sp³-hybridized carbons (Fsp3) is 0.300. The van der Waals surface area contributed by atoms with Gasteiger partial charge in [-0.15, -0.1) is 21.8 Å². The molecule has 0 bridgehead atoms. The van der Waals surface area contributed by atoms with Crippen LogP contribution in [0, 0.1) is 0 Å². The van der Waals surface area contributed by atoms with Crippen LogP contribution >= 0.6 is 23.2 Å². The van der Waals surface area contributed by atoms with Gasteiger partial charge in [-0.2, -0.15) is 4.80 Å². The van der Waals surface area contributed by atoms with Gasteiger partial charge in [0.15, 0.2) is 6.61 Å². The molecule has 0 saturated carbocycles. The van der Waals surface area contributed by atoms with Gasteiger partial charge in [0.25, 0.3) is 0 Å². The van der Waals surface area contributed by atoms with E-state index < -0.39 is 0 Å². The maximum Gasteiger partial charge on any atom is 0.212 e. The highest BCUT2D eigenvalue weighted by molar-refractivity contribution is 6.30. The average molecular weight is 273 g/mol. The molecule has 0 unspecified atom stereocenters. The summed E-state index contributed by atoms with van der Waals surface area (Å²) < 4.78 is 5.56. The summed E-state index contributed by atoms with van der Waals surface area (Å²) >= 11 is 11.7. The number of nitrogens with zero attached hydrogens (tertiary/aromatic N) is 4. The lowest BCUT2D eigenvalue weighted by atomic mass is 10.2. The third kappa shape index (κ3) is 3.08. The predicted octanol–water partition coefficient (Wildman–Crippen LogP) is 2.18. The Morgan fingerprint density at radius 2 is 2.24 bits per heavy atom. The molecule has 7 heteroatoms. The quantitative estimate of drug-likeness (QED) is 0.801. The molecule has 0 radical (unpaired) electrons. The van der Waals surface area contributed by atoms with Crippen molar-refractivity contribution >= 4 is 23.2 Å². The lowest BCUT2D eigenvalue weighted by Gasteiger charge is -2.08. The minimum Gasteiger partial charge on any atom is -0.485 e. The molecule has 0 fully saturated rings. The van der Waals surface area contributed by atoms with Crippen molar-refractivity contribution in [2.75, 3.05) is 0 Å². The summed E-state index contributed by atoms with van der Waals surface area (Å²) in [5, 5.41) is 12.2. The SMILES string of the molecule is Cn1nnc(COc2ccc(Cl)cc2CCl)n1. The first kappa shape index (κ1) is 12.1. The molecular formula is C10H10Cl2N4O. The van der Waals surface area contributed by atoms with E-state index in [-0.39, 0.29) is 6.61 Å². The largest absolute Gasteiger partial charge is 0.485 e. The van der Waals surface area contributed by atoms with E-state index in [0.717, 1.165) is 5.56 Å². The number of aromatic nitrogens is 4. The van der Waals surface area contributed by atoms with Crippen molar-refractivity contribution < 1.29 is 4.74 Å². The normalized spacial score (nSPS) is 10.5. The highest BCUT2D eigenvalue weighted by Gasteiger charge is 2.06. The van der Waals surface area contributed by atoms with Crippen LogP contribution in [0.1, 0.15) is 11.4 Å². The van der Waals surface area contributed by atoms with Crippen molar-refractivity contribution in [3.8, 4) is 5.75 Å². The summed E-state index contributed by atoms with van der Waals surface area (Å²) in [4.78, 5) is 1.38. The van der Waals surface area contributed by atoms with Crippen molar-refractivity contribution in [1.82, 2.24) is 20.2 Å². The van der Waals surface area contributed by atoms with Gasteiger partial charge in [-0.3, -0.25) is 0 Å². The molecule has 17 heavy (non-hydrogen) atoms. The fourth-order valence-corrected chi connectivity index (χ4v) is 1.72. The first-order valence-corrected chi connectivity index (χ1v) is 5.80. The molecule has 0 N–H and O–H groups in total. The number of hydrogen-bond acceptors (Lipinski definition) is 4. The Bertz CT molecular complexity index is 515. The van der Waals surface area contributed by atoms with Gasteiger partial charge in [-0.05, 0) is 23.4 Å². The molecule has 2 rings (SSSR count). The molecule has 5 nitrogen and oxygen atoms in total. The fourth-order valence-electron chi connectivity index (χ4n) is 1.32. The lowest BCUT2D eigenvalue weighted by Crippen LogP contribution is -2.00. The summed E-state index contributed by atoms with van der Waals surface area (Å²) in [7, 11) is 1.70. The highest BCUT2D eigenvalue weighted by Crippen LogP contribution is 2.24. The molecule has 2 aromatic rings. The van der Waals surface area contributed by atoms with E-state index >= 15 is 0 Å². The van der Waals surface area contributed by atoms with Gasteiger partial charge in [-0.25, -0.2) is 0 Å². The number of benzene rings is 1. The van der Waals surface area contributed by atoms with Gasteiger partial charge >= 0.3 is 0 Å². The van der Waals surface area contributed by atoms with Gasteiger partial charge in [-0.1, -0.05) is 11.6 Å². The van der Waals surface area contributed by atoms with Crippen molar-refractivity contribution in [1.29, 1.82) is 0 Å². The van der Waals surface area contributed by atoms with Crippen molar-refractivity contribution in [2.24, 2.45) is 7.05 Å². The zero-order valence-electron chi connectivity index (χ0n) is 9.10. The van der Waals surface area contributed by atoms with E-state index in [9.17, 15) is 0 Å². The molecule has 1 aromatic carbocycles. The number of aryl methyl sites for hydroxylation is 1. The van der Waals surface area contributed by atoms with Crippen LogP contribution in [-0.2, 0) is 19.5 Å². The third-order valence-corrected chi connectivity index (χ3v) is 2.60. The second-order valence-corrected chi connectivity index (χ2v) is 4.07. The minimum absolute atomic E-state index is 0.249. The summed E-state index contributed by atoms with van der Waals surface area (Å²) in [5.74, 6) is 1.53. The van der Waals surface area contributed by atoms with Crippen LogP contribution in [0.4, 0.5) is 0 Å². The van der Waals surface area contributed by atoms with Crippen molar-refractivity contribution in [3.63, 3.8) is 0 Å². The summed E-state index contributed by atoms with van der Waals surface area (Å²) in [6, 6.07) is 5.29. The molecular weight excluding hydrogens is 263 g/mol. The zero-order chi connectivity index (χ0) is 12.3. The van der Waals surface area contributed by atoms with Crippen molar-refractivity contribution in [2.45, 2.75) is 12.5 Å². The maximum absolute atomic E-state index is 5.86. The van der Waals surface area contributed by atoms with Crippen LogP contribution in [0.3, 0.4) is 0 Å². The topological polar surface area (TPSA) is 52.8 Å². The third-order valence-electron chi connectivity index (χ3n) is 2.07. The number of ether oxygens (including phenoxy) is 1. The number of hydrogen-bond donors (Lipinski definition) is 0. The monoisotopic (exact) mass is 272 g/mol. The Kier molecular flexibility index (Phi) is 3.81. The summed E-state index contributed by atoms with van der Waals surface area (Å²) in [6.07, 6.45) is 0. The summed E-state index contributed by atoms with van der Waals surface area (Å²) in [5.41, 5.74) is 0.836. The van der Waals surface area contributed by atoms with Crippen LogP contribution < -0.4 is 4.74 Å². The van der Waals surface area contributed by atoms with Gasteiger partial charge in [0.2, 0.25) is 5.82 Å². The van der Waals surface area contributed by atoms with Crippen LogP contribution in [0.15, 0.2) is 18.2 Å². The molecule has 0 saturated heterocycles. The molecule has 0 aliphatic carbocycles. The minimum atomic E-state index is 0.249. The lowest BCUT2D eigenvalue weighted by molar-refractivity contribution is 0.293. The standard InChI is InChI=1S/C10H10Cl2N4O/c1-16-14-10(13-15-16)6-17-9-3-2-8(12)4-7(9)5-11/h2-4H,5-6H2,1H3. The van der Waals surface area contributed by atoms with Crippen LogP contribution in [0.2, 0.25) is 5.02 Å². The molecule has 1 aromatic heterocycles. The maximum atomic E-state index is 5.86. The van der Waals surface area contributed by atoms with E-state index in [0.29, 0.717) is 22.5 Å². The number of halogens is 2. The molecule has 0 aliphatic heterocycles. The Hall–Kier alpha value is -1.33. The van der Waals surface area contributed by atoms with Gasteiger partial charge in [0.05, 0.1) is 12.9 Å². The Labute approximate surface area is 108 Å². The predicted molar refractivity (Wildman–Crippen MR) is 64.1 cm³/mol. The molecule has 90 valence electrons. The van der Waals surface area contributed by atoms with Gasteiger partial charge in [0.1, 0.15) is 5.75 Å². The number of tetrazole rings is 1. The van der Waals surface area contributed by atoms with E-state index in [1.807, 2.05) is 0 Å². The Morgan fingerprint density at radius 1 is 1.41 bits per heavy atom. The highest BCUT2D eigenvalue weighted by atomic mass is 35.5. The van der Waals surface area contributed by atoms with Crippen LogP contribution in [0.5, 0.6) is 5.75 Å². The molecule has 0 spiro atoms. The zero-order valence-corrected chi connectivity index (χ0v) is 10.6. The van der Waals surface area contributed by atoms with Crippen LogP contribution in [-0.4, -0.2) is 20.2 Å². The molecule has 0 amide bonds. The molecule has 0 atom stereocenters. The van der Waals surface area contributed by atoms with E-state index in [2.05, 4.69) is 15.4 Å². The van der Waals surface area contributed by atoms with E-state index in [1.54, 1.807) is 25.2 Å². The van der Waals surface area contributed by atoms with Gasteiger partial charge in [0, 0.05) is 10.6 Å². The molecule has 1 heterocycles. The smallest absolute Gasteiger partial charge is 0.212 e.